The van der Waals surface area contributed by atoms with Gasteiger partial charge in [-0.25, -0.2) is 9.37 Å². The third-order valence-electron chi connectivity index (χ3n) is 3.72. The molecule has 0 fully saturated rings. The molecule has 2 aromatic carbocycles. The second-order valence-electron chi connectivity index (χ2n) is 5.87. The molecule has 0 bridgehead atoms. The Morgan fingerprint density at radius 1 is 0.963 bits per heavy atom. The van der Waals surface area contributed by atoms with Gasteiger partial charge >= 0.3 is 6.18 Å². The standard InChI is InChI=1S/C19H16F4N4/c1-12-9-17(24-11-13-5-2-3-8-16(13)20)27-18(25-12)26-15-7-4-6-14(10-15)19(21,22)23/h2-10H,11H2,1H3,(H2,24,25,26,27). The number of alkyl halides is 3. The molecule has 0 saturated heterocycles. The molecule has 2 N–H and O–H groups in total. The second kappa shape index (κ2) is 7.61. The minimum absolute atomic E-state index is 0.144. The molecular formula is C19H16F4N4. The van der Waals surface area contributed by atoms with Crippen molar-refractivity contribution in [3.63, 3.8) is 0 Å². The Kier molecular flexibility index (Phi) is 5.25. The molecule has 140 valence electrons. The summed E-state index contributed by atoms with van der Waals surface area (Å²) in [5, 5.41) is 5.76. The molecule has 0 spiro atoms. The highest BCUT2D eigenvalue weighted by atomic mass is 19.4. The molecule has 27 heavy (non-hydrogen) atoms. The average molecular weight is 376 g/mol. The van der Waals surface area contributed by atoms with Crippen LogP contribution in [0.5, 0.6) is 0 Å². The molecule has 0 unspecified atom stereocenters. The highest BCUT2D eigenvalue weighted by Crippen LogP contribution is 2.31. The molecule has 3 aromatic rings. The van der Waals surface area contributed by atoms with Gasteiger partial charge in [0.15, 0.2) is 0 Å². The van der Waals surface area contributed by atoms with Crippen LogP contribution < -0.4 is 10.6 Å². The van der Waals surface area contributed by atoms with Crippen molar-refractivity contribution in [1.29, 1.82) is 0 Å². The Balaban J connectivity index is 1.77. The SMILES string of the molecule is Cc1cc(NCc2ccccc2F)nc(Nc2cccc(C(F)(F)F)c2)n1. The van der Waals surface area contributed by atoms with E-state index in [1.165, 1.54) is 18.2 Å². The molecule has 0 aliphatic rings. The van der Waals surface area contributed by atoms with E-state index < -0.39 is 11.7 Å². The number of hydrogen-bond donors (Lipinski definition) is 2. The Labute approximate surface area is 153 Å². The Morgan fingerprint density at radius 2 is 1.74 bits per heavy atom. The summed E-state index contributed by atoms with van der Waals surface area (Å²) in [6, 6.07) is 12.8. The molecule has 1 heterocycles. The van der Waals surface area contributed by atoms with Crippen LogP contribution in [-0.2, 0) is 12.7 Å². The number of nitrogens with zero attached hydrogens (tertiary/aromatic N) is 2. The number of aryl methyl sites for hydroxylation is 1. The summed E-state index contributed by atoms with van der Waals surface area (Å²) in [5.41, 5.74) is 0.533. The van der Waals surface area contributed by atoms with Crippen molar-refractivity contribution >= 4 is 17.5 Å². The lowest BCUT2D eigenvalue weighted by Gasteiger charge is -2.12. The largest absolute Gasteiger partial charge is 0.416 e. The Bertz CT molecular complexity index is 941. The quantitative estimate of drug-likeness (QED) is 0.594. The zero-order valence-corrected chi connectivity index (χ0v) is 14.3. The van der Waals surface area contributed by atoms with Crippen LogP contribution >= 0.6 is 0 Å². The highest BCUT2D eigenvalue weighted by molar-refractivity contribution is 5.56. The second-order valence-corrected chi connectivity index (χ2v) is 5.87. The van der Waals surface area contributed by atoms with Crippen LogP contribution in [0.2, 0.25) is 0 Å². The fourth-order valence-electron chi connectivity index (χ4n) is 2.44. The van der Waals surface area contributed by atoms with Crippen molar-refractivity contribution in [2.24, 2.45) is 0 Å². The summed E-state index contributed by atoms with van der Waals surface area (Å²) in [7, 11) is 0. The maximum absolute atomic E-state index is 13.7. The van der Waals surface area contributed by atoms with Crippen molar-refractivity contribution < 1.29 is 17.6 Å². The minimum atomic E-state index is -4.43. The molecule has 0 aliphatic heterocycles. The van der Waals surface area contributed by atoms with Crippen LogP contribution in [-0.4, -0.2) is 9.97 Å². The number of rotatable bonds is 5. The first-order valence-electron chi connectivity index (χ1n) is 8.08. The molecule has 3 rings (SSSR count). The molecule has 1 aromatic heterocycles. The van der Waals surface area contributed by atoms with Gasteiger partial charge in [-0.2, -0.15) is 18.2 Å². The fraction of sp³-hybridized carbons (Fsp3) is 0.158. The zero-order valence-electron chi connectivity index (χ0n) is 14.3. The first kappa shape index (κ1) is 18.6. The lowest BCUT2D eigenvalue weighted by atomic mass is 10.2. The summed E-state index contributed by atoms with van der Waals surface area (Å²) >= 11 is 0. The lowest BCUT2D eigenvalue weighted by Crippen LogP contribution is -2.08. The van der Waals surface area contributed by atoms with E-state index in [1.54, 1.807) is 31.2 Å². The van der Waals surface area contributed by atoms with Crippen molar-refractivity contribution in [3.05, 3.63) is 77.2 Å². The fourth-order valence-corrected chi connectivity index (χ4v) is 2.44. The van der Waals surface area contributed by atoms with Gasteiger partial charge in [-0.1, -0.05) is 24.3 Å². The third-order valence-corrected chi connectivity index (χ3v) is 3.72. The molecule has 0 saturated carbocycles. The lowest BCUT2D eigenvalue weighted by molar-refractivity contribution is -0.137. The van der Waals surface area contributed by atoms with E-state index in [2.05, 4.69) is 20.6 Å². The van der Waals surface area contributed by atoms with Crippen molar-refractivity contribution in [1.82, 2.24) is 9.97 Å². The van der Waals surface area contributed by atoms with E-state index >= 15 is 0 Å². The van der Waals surface area contributed by atoms with Gasteiger partial charge in [-0.3, -0.25) is 0 Å². The van der Waals surface area contributed by atoms with Crippen LogP contribution in [0.25, 0.3) is 0 Å². The van der Waals surface area contributed by atoms with E-state index in [9.17, 15) is 17.6 Å². The summed E-state index contributed by atoms with van der Waals surface area (Å²) < 4.78 is 52.2. The maximum Gasteiger partial charge on any atom is 0.416 e. The van der Waals surface area contributed by atoms with E-state index in [4.69, 9.17) is 0 Å². The summed E-state index contributed by atoms with van der Waals surface area (Å²) in [6.45, 7) is 1.94. The number of halogens is 4. The van der Waals surface area contributed by atoms with Crippen LogP contribution in [0.1, 0.15) is 16.8 Å². The first-order chi connectivity index (χ1) is 12.8. The molecule has 0 amide bonds. The predicted molar refractivity (Wildman–Crippen MR) is 95.2 cm³/mol. The van der Waals surface area contributed by atoms with Crippen LogP contribution in [0.4, 0.5) is 35.0 Å². The molecule has 0 radical (unpaired) electrons. The third kappa shape index (κ3) is 4.93. The number of hydrogen-bond acceptors (Lipinski definition) is 4. The van der Waals surface area contributed by atoms with Crippen LogP contribution in [0, 0.1) is 12.7 Å². The van der Waals surface area contributed by atoms with Gasteiger partial charge in [0, 0.05) is 29.6 Å². The minimum Gasteiger partial charge on any atom is -0.366 e. The molecule has 0 aliphatic carbocycles. The Hall–Kier alpha value is -3.16. The van der Waals surface area contributed by atoms with Gasteiger partial charge in [0.25, 0.3) is 0 Å². The zero-order chi connectivity index (χ0) is 19.4. The number of benzene rings is 2. The summed E-state index contributed by atoms with van der Waals surface area (Å²) in [5.74, 6) is 0.240. The molecule has 0 atom stereocenters. The van der Waals surface area contributed by atoms with Gasteiger partial charge in [0.1, 0.15) is 11.6 Å². The van der Waals surface area contributed by atoms with Gasteiger partial charge < -0.3 is 10.6 Å². The monoisotopic (exact) mass is 376 g/mol. The first-order valence-corrected chi connectivity index (χ1v) is 8.08. The molecule has 4 nitrogen and oxygen atoms in total. The van der Waals surface area contributed by atoms with Crippen molar-refractivity contribution in [3.8, 4) is 0 Å². The maximum atomic E-state index is 13.7. The van der Waals surface area contributed by atoms with Crippen LogP contribution in [0.15, 0.2) is 54.6 Å². The number of anilines is 3. The van der Waals surface area contributed by atoms with E-state index in [1.807, 2.05) is 0 Å². The van der Waals surface area contributed by atoms with E-state index in [-0.39, 0.29) is 24.0 Å². The number of aromatic nitrogens is 2. The van der Waals surface area contributed by atoms with E-state index in [0.29, 0.717) is 17.1 Å². The topological polar surface area (TPSA) is 49.8 Å². The summed E-state index contributed by atoms with van der Waals surface area (Å²) in [4.78, 5) is 8.40. The molecular weight excluding hydrogens is 360 g/mol. The van der Waals surface area contributed by atoms with Gasteiger partial charge in [0.2, 0.25) is 5.95 Å². The highest BCUT2D eigenvalue weighted by Gasteiger charge is 2.30. The average Bonchev–Trinajstić information content (AvgIpc) is 2.60. The Morgan fingerprint density at radius 3 is 2.48 bits per heavy atom. The van der Waals surface area contributed by atoms with Gasteiger partial charge in [-0.15, -0.1) is 0 Å². The predicted octanol–water partition coefficient (Wildman–Crippen LogP) is 5.30. The van der Waals surface area contributed by atoms with Crippen molar-refractivity contribution in [2.75, 3.05) is 10.6 Å². The van der Waals surface area contributed by atoms with Gasteiger partial charge in [0.05, 0.1) is 5.56 Å². The smallest absolute Gasteiger partial charge is 0.366 e. The van der Waals surface area contributed by atoms with E-state index in [0.717, 1.165) is 12.1 Å². The summed E-state index contributed by atoms with van der Waals surface area (Å²) in [6.07, 6.45) is -4.43. The number of nitrogens with one attached hydrogen (secondary N) is 2. The van der Waals surface area contributed by atoms with Crippen LogP contribution in [0.3, 0.4) is 0 Å². The normalized spacial score (nSPS) is 11.3. The van der Waals surface area contributed by atoms with Gasteiger partial charge in [-0.05, 0) is 31.2 Å². The molecule has 8 heteroatoms. The van der Waals surface area contributed by atoms with Crippen molar-refractivity contribution in [2.45, 2.75) is 19.6 Å².